The Kier molecular flexibility index (Phi) is 2.46. The molecule has 19 heavy (non-hydrogen) atoms. The van der Waals surface area contributed by atoms with E-state index in [0.717, 1.165) is 24.2 Å². The quantitative estimate of drug-likeness (QED) is 0.776. The average molecular weight is 269 g/mol. The first-order valence-corrected chi connectivity index (χ1v) is 7.03. The molecule has 0 saturated heterocycles. The molecule has 94 valence electrons. The van der Waals surface area contributed by atoms with E-state index in [1.807, 2.05) is 22.9 Å². The summed E-state index contributed by atoms with van der Waals surface area (Å²) < 4.78 is 5.36. The van der Waals surface area contributed by atoms with Gasteiger partial charge in [-0.25, -0.2) is 0 Å². The van der Waals surface area contributed by atoms with Gasteiger partial charge in [0.05, 0.1) is 0 Å². The summed E-state index contributed by atoms with van der Waals surface area (Å²) in [6, 6.07) is 8.28. The van der Waals surface area contributed by atoms with Crippen molar-refractivity contribution in [2.75, 3.05) is 0 Å². The van der Waals surface area contributed by atoms with Crippen molar-refractivity contribution < 1.29 is 4.52 Å². The van der Waals surface area contributed by atoms with Crippen LogP contribution >= 0.6 is 11.3 Å². The van der Waals surface area contributed by atoms with Gasteiger partial charge >= 0.3 is 0 Å². The summed E-state index contributed by atoms with van der Waals surface area (Å²) in [5.41, 5.74) is 4.65. The molecule has 0 bridgehead atoms. The summed E-state index contributed by atoms with van der Waals surface area (Å²) in [5.74, 6) is 1.23. The molecule has 1 aromatic carbocycles. The number of aromatic nitrogens is 2. The molecule has 1 N–H and O–H groups in total. The van der Waals surface area contributed by atoms with Gasteiger partial charge in [0.2, 0.25) is 5.82 Å². The van der Waals surface area contributed by atoms with Crippen molar-refractivity contribution in [2.24, 2.45) is 0 Å². The standard InChI is InChI=1S/C14H11N3OS/c1-2-10-6-15-7-12(10)5-9(1)14-16-13(17-18-14)11-3-4-19-8-11/h1-5,8,15H,6-7H2. The number of hydrogen-bond donors (Lipinski definition) is 1. The Labute approximate surface area is 114 Å². The van der Waals surface area contributed by atoms with E-state index in [2.05, 4.69) is 27.6 Å². The van der Waals surface area contributed by atoms with E-state index in [-0.39, 0.29) is 0 Å². The maximum Gasteiger partial charge on any atom is 0.258 e. The zero-order chi connectivity index (χ0) is 12.7. The van der Waals surface area contributed by atoms with Gasteiger partial charge in [-0.3, -0.25) is 0 Å². The smallest absolute Gasteiger partial charge is 0.258 e. The second kappa shape index (κ2) is 4.29. The van der Waals surface area contributed by atoms with Gasteiger partial charge in [0.25, 0.3) is 5.89 Å². The molecule has 0 spiro atoms. The van der Waals surface area contributed by atoms with Crippen LogP contribution in [0.4, 0.5) is 0 Å². The highest BCUT2D eigenvalue weighted by atomic mass is 32.1. The summed E-state index contributed by atoms with van der Waals surface area (Å²) in [5, 5.41) is 11.4. The lowest BCUT2D eigenvalue weighted by Gasteiger charge is -1.99. The fourth-order valence-corrected chi connectivity index (χ4v) is 2.91. The fourth-order valence-electron chi connectivity index (χ4n) is 2.28. The number of thiophene rings is 1. The summed E-state index contributed by atoms with van der Waals surface area (Å²) in [6.45, 7) is 1.86. The summed E-state index contributed by atoms with van der Waals surface area (Å²) >= 11 is 1.63. The van der Waals surface area contributed by atoms with Crippen molar-refractivity contribution in [3.05, 3.63) is 46.2 Å². The highest BCUT2D eigenvalue weighted by Crippen LogP contribution is 2.26. The van der Waals surface area contributed by atoms with Crippen LogP contribution in [0.15, 0.2) is 39.5 Å². The van der Waals surface area contributed by atoms with E-state index in [0.29, 0.717) is 11.7 Å². The van der Waals surface area contributed by atoms with Gasteiger partial charge in [-0.15, -0.1) is 0 Å². The van der Waals surface area contributed by atoms with Gasteiger partial charge in [-0.2, -0.15) is 16.3 Å². The molecule has 3 aromatic rings. The molecule has 1 aliphatic rings. The first kappa shape index (κ1) is 10.9. The second-order valence-electron chi connectivity index (χ2n) is 4.52. The summed E-state index contributed by atoms with van der Waals surface area (Å²) in [6.07, 6.45) is 0. The van der Waals surface area contributed by atoms with Crippen LogP contribution in [0.2, 0.25) is 0 Å². The molecule has 1 aliphatic heterocycles. The van der Waals surface area contributed by atoms with E-state index in [1.165, 1.54) is 11.1 Å². The average Bonchev–Trinajstić information content (AvgIpc) is 3.18. The molecule has 4 rings (SSSR count). The van der Waals surface area contributed by atoms with Crippen LogP contribution in [0.3, 0.4) is 0 Å². The third-order valence-corrected chi connectivity index (χ3v) is 3.97. The molecular formula is C14H11N3OS. The monoisotopic (exact) mass is 269 g/mol. The van der Waals surface area contributed by atoms with Crippen molar-refractivity contribution in [1.82, 2.24) is 15.5 Å². The van der Waals surface area contributed by atoms with Crippen LogP contribution in [0.25, 0.3) is 22.8 Å². The normalized spacial score (nSPS) is 13.7. The van der Waals surface area contributed by atoms with E-state index < -0.39 is 0 Å². The highest BCUT2D eigenvalue weighted by Gasteiger charge is 2.15. The Morgan fingerprint density at radius 1 is 1.11 bits per heavy atom. The van der Waals surface area contributed by atoms with Crippen LogP contribution < -0.4 is 5.32 Å². The van der Waals surface area contributed by atoms with Crippen molar-refractivity contribution in [2.45, 2.75) is 13.1 Å². The number of nitrogens with zero attached hydrogens (tertiary/aromatic N) is 2. The molecule has 0 radical (unpaired) electrons. The number of rotatable bonds is 2. The lowest BCUT2D eigenvalue weighted by molar-refractivity contribution is 0.432. The Bertz CT molecular complexity index is 718. The Morgan fingerprint density at radius 2 is 2.05 bits per heavy atom. The SMILES string of the molecule is c1cc(-c2noc(-c3ccc4c(c3)CNC4)n2)cs1. The fraction of sp³-hybridized carbons (Fsp3) is 0.143. The topological polar surface area (TPSA) is 51.0 Å². The summed E-state index contributed by atoms with van der Waals surface area (Å²) in [7, 11) is 0. The lowest BCUT2D eigenvalue weighted by Crippen LogP contribution is -1.99. The molecule has 0 fully saturated rings. The van der Waals surface area contributed by atoms with Crippen LogP contribution in [-0.4, -0.2) is 10.1 Å². The van der Waals surface area contributed by atoms with Crippen LogP contribution in [-0.2, 0) is 13.1 Å². The van der Waals surface area contributed by atoms with Gasteiger partial charge in [0.1, 0.15) is 0 Å². The van der Waals surface area contributed by atoms with Crippen molar-refractivity contribution >= 4 is 11.3 Å². The first-order valence-electron chi connectivity index (χ1n) is 6.09. The Balaban J connectivity index is 1.73. The third-order valence-electron chi connectivity index (χ3n) is 3.29. The van der Waals surface area contributed by atoms with Gasteiger partial charge in [0.15, 0.2) is 0 Å². The number of hydrogen-bond acceptors (Lipinski definition) is 5. The third kappa shape index (κ3) is 1.87. The molecule has 0 atom stereocenters. The van der Waals surface area contributed by atoms with E-state index >= 15 is 0 Å². The van der Waals surface area contributed by atoms with Crippen molar-refractivity contribution in [3.63, 3.8) is 0 Å². The predicted octanol–water partition coefficient (Wildman–Crippen LogP) is 3.07. The summed E-state index contributed by atoms with van der Waals surface area (Å²) in [4.78, 5) is 4.46. The molecule has 4 nitrogen and oxygen atoms in total. The minimum absolute atomic E-state index is 0.580. The first-order chi connectivity index (χ1) is 9.40. The van der Waals surface area contributed by atoms with E-state index in [9.17, 15) is 0 Å². The number of nitrogens with one attached hydrogen (secondary N) is 1. The van der Waals surface area contributed by atoms with Crippen LogP contribution in [0, 0.1) is 0 Å². The maximum atomic E-state index is 5.36. The zero-order valence-corrected chi connectivity index (χ0v) is 10.9. The molecule has 0 amide bonds. The molecular weight excluding hydrogens is 258 g/mol. The largest absolute Gasteiger partial charge is 0.334 e. The van der Waals surface area contributed by atoms with Crippen molar-refractivity contribution in [1.29, 1.82) is 0 Å². The van der Waals surface area contributed by atoms with Gasteiger partial charge in [-0.1, -0.05) is 11.2 Å². The molecule has 0 aliphatic carbocycles. The highest BCUT2D eigenvalue weighted by molar-refractivity contribution is 7.08. The Hall–Kier alpha value is -1.98. The minimum atomic E-state index is 0.580. The van der Waals surface area contributed by atoms with Crippen LogP contribution in [0.5, 0.6) is 0 Å². The zero-order valence-electron chi connectivity index (χ0n) is 10.1. The maximum absolute atomic E-state index is 5.36. The molecule has 5 heteroatoms. The molecule has 0 unspecified atom stereocenters. The number of fused-ring (bicyclic) bond motifs is 1. The minimum Gasteiger partial charge on any atom is -0.334 e. The number of benzene rings is 1. The molecule has 0 saturated carbocycles. The second-order valence-corrected chi connectivity index (χ2v) is 5.30. The Morgan fingerprint density at radius 3 is 2.95 bits per heavy atom. The van der Waals surface area contributed by atoms with E-state index in [1.54, 1.807) is 11.3 Å². The van der Waals surface area contributed by atoms with Crippen molar-refractivity contribution in [3.8, 4) is 22.8 Å². The lowest BCUT2D eigenvalue weighted by atomic mass is 10.1. The van der Waals surface area contributed by atoms with E-state index in [4.69, 9.17) is 4.52 Å². The van der Waals surface area contributed by atoms with Gasteiger partial charge < -0.3 is 9.84 Å². The van der Waals surface area contributed by atoms with Gasteiger partial charge in [-0.05, 0) is 34.7 Å². The molecule has 2 aromatic heterocycles. The van der Waals surface area contributed by atoms with Gasteiger partial charge in [0, 0.05) is 29.6 Å². The molecule has 3 heterocycles. The predicted molar refractivity (Wildman–Crippen MR) is 73.6 cm³/mol. The van der Waals surface area contributed by atoms with Crippen LogP contribution in [0.1, 0.15) is 11.1 Å².